The highest BCUT2D eigenvalue weighted by atomic mass is 32.1. The standard InChI is InChI=1S/C24H34N6OS/c1-15(24(2,3)4)26-14-16-12-20(27-17-7-9-18(31)10-8-17)29-21(13-16)30-23-28-19-6-5-11-25-22(19)32-23/h5-6,11-13,15,17-18,26,31H,7-10,14H2,1-4H3,(H2,27,28,29,30)/t15-,17?,18?/m1/s1. The third kappa shape index (κ3) is 5.94. The lowest BCUT2D eigenvalue weighted by Crippen LogP contribution is -2.37. The molecule has 3 heterocycles. The first-order valence-electron chi connectivity index (χ1n) is 11.4. The lowest BCUT2D eigenvalue weighted by Gasteiger charge is -2.29. The van der Waals surface area contributed by atoms with Gasteiger partial charge in [-0.1, -0.05) is 32.1 Å². The number of pyridine rings is 2. The van der Waals surface area contributed by atoms with E-state index in [1.165, 1.54) is 11.3 Å². The Balaban J connectivity index is 1.54. The molecule has 1 aliphatic rings. The molecule has 4 rings (SSSR count). The van der Waals surface area contributed by atoms with Crippen LogP contribution in [-0.4, -0.2) is 38.2 Å². The maximum Gasteiger partial charge on any atom is 0.190 e. The number of aliphatic hydroxyl groups excluding tert-OH is 1. The summed E-state index contributed by atoms with van der Waals surface area (Å²) >= 11 is 1.52. The third-order valence-electron chi connectivity index (χ3n) is 6.25. The molecule has 172 valence electrons. The normalized spacial score (nSPS) is 20.3. The van der Waals surface area contributed by atoms with Crippen molar-refractivity contribution < 1.29 is 5.11 Å². The van der Waals surface area contributed by atoms with Crippen LogP contribution in [0.3, 0.4) is 0 Å². The summed E-state index contributed by atoms with van der Waals surface area (Å²) in [6.07, 6.45) is 5.21. The minimum Gasteiger partial charge on any atom is -0.393 e. The second kappa shape index (κ2) is 9.68. The van der Waals surface area contributed by atoms with Crippen LogP contribution in [0, 0.1) is 5.41 Å². The molecular formula is C24H34N6OS. The summed E-state index contributed by atoms with van der Waals surface area (Å²) in [6.45, 7) is 9.72. The van der Waals surface area contributed by atoms with Crippen molar-refractivity contribution in [1.82, 2.24) is 20.3 Å². The minimum absolute atomic E-state index is 0.166. The van der Waals surface area contributed by atoms with Crippen LogP contribution in [0.2, 0.25) is 0 Å². The van der Waals surface area contributed by atoms with Gasteiger partial charge in [0, 0.05) is 24.8 Å². The number of hydrogen-bond donors (Lipinski definition) is 4. The Morgan fingerprint density at radius 2 is 1.88 bits per heavy atom. The Morgan fingerprint density at radius 3 is 2.59 bits per heavy atom. The summed E-state index contributed by atoms with van der Waals surface area (Å²) in [7, 11) is 0. The van der Waals surface area contributed by atoms with E-state index in [1.54, 1.807) is 6.20 Å². The predicted octanol–water partition coefficient (Wildman–Crippen LogP) is 5.07. The summed E-state index contributed by atoms with van der Waals surface area (Å²) < 4.78 is 0. The van der Waals surface area contributed by atoms with Crippen molar-refractivity contribution in [2.75, 3.05) is 10.6 Å². The van der Waals surface area contributed by atoms with Crippen LogP contribution in [0.15, 0.2) is 30.5 Å². The predicted molar refractivity (Wildman–Crippen MR) is 133 cm³/mol. The van der Waals surface area contributed by atoms with Gasteiger partial charge in [-0.2, -0.15) is 0 Å². The van der Waals surface area contributed by atoms with E-state index < -0.39 is 0 Å². The zero-order chi connectivity index (χ0) is 22.7. The molecular weight excluding hydrogens is 420 g/mol. The van der Waals surface area contributed by atoms with Gasteiger partial charge in [0.15, 0.2) is 5.13 Å². The Bertz CT molecular complexity index is 1010. The van der Waals surface area contributed by atoms with Crippen molar-refractivity contribution >= 4 is 38.5 Å². The van der Waals surface area contributed by atoms with Crippen molar-refractivity contribution in [3.8, 4) is 0 Å². The molecule has 0 spiro atoms. The van der Waals surface area contributed by atoms with Crippen molar-refractivity contribution in [3.05, 3.63) is 36.0 Å². The number of anilines is 3. The number of hydrogen-bond acceptors (Lipinski definition) is 8. The van der Waals surface area contributed by atoms with Crippen LogP contribution in [0.4, 0.5) is 16.8 Å². The Kier molecular flexibility index (Phi) is 6.93. The molecule has 3 aromatic heterocycles. The molecule has 1 atom stereocenters. The van der Waals surface area contributed by atoms with Gasteiger partial charge in [0.1, 0.15) is 22.0 Å². The van der Waals surface area contributed by atoms with Crippen LogP contribution in [-0.2, 0) is 6.54 Å². The molecule has 0 aliphatic heterocycles. The number of fused-ring (bicyclic) bond motifs is 1. The van der Waals surface area contributed by atoms with E-state index in [0.717, 1.165) is 64.9 Å². The van der Waals surface area contributed by atoms with Gasteiger partial charge in [-0.25, -0.2) is 15.0 Å². The molecule has 0 bridgehead atoms. The monoisotopic (exact) mass is 454 g/mol. The van der Waals surface area contributed by atoms with E-state index in [1.807, 2.05) is 12.1 Å². The molecule has 0 radical (unpaired) electrons. The quantitative estimate of drug-likeness (QED) is 0.396. The summed E-state index contributed by atoms with van der Waals surface area (Å²) in [6, 6.07) is 8.78. The second-order valence-corrected chi connectivity index (χ2v) is 10.8. The third-order valence-corrected chi connectivity index (χ3v) is 7.14. The molecule has 0 unspecified atom stereocenters. The lowest BCUT2D eigenvalue weighted by molar-refractivity contribution is 0.126. The number of aromatic nitrogens is 3. The summed E-state index contributed by atoms with van der Waals surface area (Å²) in [4.78, 5) is 14.8. The van der Waals surface area contributed by atoms with Crippen LogP contribution in [0.5, 0.6) is 0 Å². The van der Waals surface area contributed by atoms with Crippen LogP contribution in [0.1, 0.15) is 58.9 Å². The fourth-order valence-corrected chi connectivity index (χ4v) is 4.58. The van der Waals surface area contributed by atoms with E-state index in [9.17, 15) is 5.11 Å². The topological polar surface area (TPSA) is 95.0 Å². The first-order valence-corrected chi connectivity index (χ1v) is 12.3. The fraction of sp³-hybridized carbons (Fsp3) is 0.542. The van der Waals surface area contributed by atoms with Gasteiger partial charge in [-0.3, -0.25) is 0 Å². The first kappa shape index (κ1) is 22.9. The molecule has 0 saturated heterocycles. The van der Waals surface area contributed by atoms with Gasteiger partial charge in [-0.05, 0) is 67.9 Å². The van der Waals surface area contributed by atoms with Gasteiger partial charge in [-0.15, -0.1) is 0 Å². The number of thiazole rings is 1. The number of rotatable bonds is 7. The summed E-state index contributed by atoms with van der Waals surface area (Å²) in [5, 5.41) is 21.2. The summed E-state index contributed by atoms with van der Waals surface area (Å²) in [5.74, 6) is 1.63. The average Bonchev–Trinajstić information content (AvgIpc) is 3.15. The maximum absolute atomic E-state index is 9.82. The summed E-state index contributed by atoms with van der Waals surface area (Å²) in [5.41, 5.74) is 2.23. The van der Waals surface area contributed by atoms with Crippen LogP contribution in [0.25, 0.3) is 10.3 Å². The molecule has 1 fully saturated rings. The number of nitrogens with zero attached hydrogens (tertiary/aromatic N) is 3. The zero-order valence-corrected chi connectivity index (χ0v) is 20.2. The van der Waals surface area contributed by atoms with E-state index in [-0.39, 0.29) is 11.5 Å². The fourth-order valence-electron chi connectivity index (χ4n) is 3.77. The first-order chi connectivity index (χ1) is 15.3. The molecule has 7 nitrogen and oxygen atoms in total. The molecule has 8 heteroatoms. The molecule has 32 heavy (non-hydrogen) atoms. The van der Waals surface area contributed by atoms with E-state index in [2.05, 4.69) is 65.7 Å². The van der Waals surface area contributed by atoms with Crippen molar-refractivity contribution in [2.45, 2.75) is 78.1 Å². The van der Waals surface area contributed by atoms with Gasteiger partial charge in [0.05, 0.1) is 6.10 Å². The van der Waals surface area contributed by atoms with E-state index >= 15 is 0 Å². The molecule has 0 amide bonds. The minimum atomic E-state index is -0.166. The molecule has 3 aromatic rings. The van der Waals surface area contributed by atoms with Crippen molar-refractivity contribution in [3.63, 3.8) is 0 Å². The largest absolute Gasteiger partial charge is 0.393 e. The van der Waals surface area contributed by atoms with Crippen LogP contribution >= 0.6 is 11.3 Å². The molecule has 0 aromatic carbocycles. The average molecular weight is 455 g/mol. The smallest absolute Gasteiger partial charge is 0.190 e. The van der Waals surface area contributed by atoms with Crippen molar-refractivity contribution in [2.24, 2.45) is 5.41 Å². The SMILES string of the molecule is C[C@@H](NCc1cc(Nc2nc3cccnc3s2)nc(NC2CCC(O)CC2)c1)C(C)(C)C. The van der Waals surface area contributed by atoms with E-state index in [4.69, 9.17) is 4.98 Å². The Morgan fingerprint density at radius 1 is 1.12 bits per heavy atom. The van der Waals surface area contributed by atoms with Gasteiger partial charge >= 0.3 is 0 Å². The highest BCUT2D eigenvalue weighted by molar-refractivity contribution is 7.21. The number of aliphatic hydroxyl groups is 1. The highest BCUT2D eigenvalue weighted by Gasteiger charge is 2.21. The number of nitrogens with one attached hydrogen (secondary N) is 3. The lowest BCUT2D eigenvalue weighted by atomic mass is 9.88. The highest BCUT2D eigenvalue weighted by Crippen LogP contribution is 2.28. The van der Waals surface area contributed by atoms with Gasteiger partial charge in [0.2, 0.25) is 0 Å². The zero-order valence-electron chi connectivity index (χ0n) is 19.4. The maximum atomic E-state index is 9.82. The molecule has 1 saturated carbocycles. The Labute approximate surface area is 194 Å². The van der Waals surface area contributed by atoms with E-state index in [0.29, 0.717) is 12.1 Å². The molecule has 1 aliphatic carbocycles. The van der Waals surface area contributed by atoms with Gasteiger partial charge < -0.3 is 21.1 Å². The van der Waals surface area contributed by atoms with Gasteiger partial charge in [0.25, 0.3) is 0 Å². The van der Waals surface area contributed by atoms with Crippen LogP contribution < -0.4 is 16.0 Å². The second-order valence-electron chi connectivity index (χ2n) is 9.84. The molecule has 4 N–H and O–H groups in total. The van der Waals surface area contributed by atoms with Crippen molar-refractivity contribution in [1.29, 1.82) is 0 Å². The Hall–Kier alpha value is -2.29.